The van der Waals surface area contributed by atoms with Crippen LogP contribution in [0.25, 0.3) is 72.9 Å². The van der Waals surface area contributed by atoms with Crippen molar-refractivity contribution in [3.05, 3.63) is 320 Å². The Kier molecular flexibility index (Phi) is 14.3. The van der Waals surface area contributed by atoms with Crippen LogP contribution in [0, 0.1) is 28.6 Å². The van der Waals surface area contributed by atoms with E-state index in [-0.39, 0.29) is 27.1 Å². The lowest BCUT2D eigenvalue weighted by Crippen LogP contribution is -2.68. The Morgan fingerprint density at radius 2 is 0.442 bits per heavy atom. The molecular formula is C86H78. The molecule has 8 bridgehead atoms. The first-order chi connectivity index (χ1) is 42.2. The van der Waals surface area contributed by atoms with Crippen LogP contribution in [0.5, 0.6) is 0 Å². The number of hydrogen-bond donors (Lipinski definition) is 0. The molecule has 17 rings (SSSR count). The van der Waals surface area contributed by atoms with E-state index in [0.29, 0.717) is 5.92 Å². The number of benzene rings is 9. The molecule has 422 valence electrons. The second-order valence-corrected chi connectivity index (χ2v) is 27.5. The summed E-state index contributed by atoms with van der Waals surface area (Å²) in [7, 11) is 0. The van der Waals surface area contributed by atoms with Crippen molar-refractivity contribution in [1.29, 1.82) is 0 Å². The van der Waals surface area contributed by atoms with Crippen molar-refractivity contribution in [2.45, 2.75) is 93.3 Å². The van der Waals surface area contributed by atoms with Gasteiger partial charge in [0.25, 0.3) is 0 Å². The molecule has 8 aliphatic carbocycles. The van der Waals surface area contributed by atoms with Crippen LogP contribution < -0.4 is 0 Å². The summed E-state index contributed by atoms with van der Waals surface area (Å²) in [6.45, 7) is 0. The molecule has 9 aromatic carbocycles. The van der Waals surface area contributed by atoms with Gasteiger partial charge in [0, 0.05) is 0 Å². The van der Waals surface area contributed by atoms with Gasteiger partial charge in [-0.25, -0.2) is 0 Å². The highest BCUT2D eigenvalue weighted by Crippen LogP contribution is 2.81. The van der Waals surface area contributed by atoms with Crippen LogP contribution in [0.3, 0.4) is 0 Å². The average molecular weight is 1110 g/mol. The van der Waals surface area contributed by atoms with Crippen molar-refractivity contribution >= 4 is 72.9 Å². The van der Waals surface area contributed by atoms with Gasteiger partial charge in [0.1, 0.15) is 0 Å². The van der Waals surface area contributed by atoms with Crippen LogP contribution in [0.1, 0.15) is 161 Å². The molecule has 9 aromatic rings. The molecular weight excluding hydrogens is 1030 g/mol. The maximum Gasteiger partial charge on any atom is -0.00299 e. The van der Waals surface area contributed by atoms with E-state index >= 15 is 0 Å². The lowest BCUT2D eigenvalue weighted by molar-refractivity contribution is -0.218. The summed E-state index contributed by atoms with van der Waals surface area (Å²) in [5.41, 5.74) is 20.5. The van der Waals surface area contributed by atoms with Gasteiger partial charge in [0.05, 0.1) is 0 Å². The minimum atomic E-state index is 0.00925. The van der Waals surface area contributed by atoms with Crippen molar-refractivity contribution in [2.24, 2.45) is 28.6 Å². The molecule has 0 heterocycles. The maximum absolute atomic E-state index is 2.65. The molecule has 0 aromatic heterocycles. The van der Waals surface area contributed by atoms with Crippen LogP contribution in [0.15, 0.2) is 237 Å². The Labute approximate surface area is 511 Å². The van der Waals surface area contributed by atoms with Gasteiger partial charge >= 0.3 is 0 Å². The van der Waals surface area contributed by atoms with Gasteiger partial charge in [-0.15, -0.1) is 0 Å². The summed E-state index contributed by atoms with van der Waals surface area (Å²) in [5.74, 6) is 2.12. The van der Waals surface area contributed by atoms with Gasteiger partial charge in [-0.05, 0) is 224 Å². The lowest BCUT2D eigenvalue weighted by Gasteiger charge is -2.76. The van der Waals surface area contributed by atoms with E-state index in [1.165, 1.54) is 144 Å². The Bertz CT molecular complexity index is 3680. The molecule has 8 saturated carbocycles. The summed E-state index contributed by atoms with van der Waals surface area (Å²) >= 11 is 0. The zero-order chi connectivity index (χ0) is 57.4. The van der Waals surface area contributed by atoms with E-state index in [1.807, 2.05) is 0 Å². The molecule has 0 aliphatic heterocycles. The van der Waals surface area contributed by atoms with Crippen LogP contribution in [-0.2, 0) is 16.2 Å². The quantitative estimate of drug-likeness (QED) is 0.0846. The summed E-state index contributed by atoms with van der Waals surface area (Å²) < 4.78 is 0. The first-order valence-electron chi connectivity index (χ1n) is 32.1. The molecule has 86 heavy (non-hydrogen) atoms. The molecule has 0 N–H and O–H groups in total. The smallest absolute Gasteiger partial charge is 0.00299 e. The molecule has 0 heteroatoms. The zero-order valence-electron chi connectivity index (χ0n) is 49.7. The van der Waals surface area contributed by atoms with E-state index in [9.17, 15) is 0 Å². The van der Waals surface area contributed by atoms with Crippen LogP contribution in [0.4, 0.5) is 0 Å². The summed E-state index contributed by atoms with van der Waals surface area (Å²) in [6, 6.07) is 88.6. The molecule has 0 amide bonds. The minimum absolute atomic E-state index is 0.00925. The standard InChI is InChI=1S/C86H78/c1-7-19-64(20-8-1)31-37-70-43-71(38-32-65-21-9-2-10-22-65)48-79(47-70)82-53-76-46-77(54-82)58-85(57-76,61-82)86-59-78-55-83(62-86,80-49-72(39-33-66-23-11-3-12-24-66)44-73(50-80)40-34-67-25-13-4-14-26-67)60-84(56-78,63-86)81-51-74(41-35-68-27-15-5-16-28-68)45-75(52-81)42-36-69-29-17-6-18-30-69/h1-45,47-52,76-78H,46,53-63H2. The largest absolute Gasteiger partial charge is 0.0622 e. The predicted octanol–water partition coefficient (Wildman–Crippen LogP) is 22.4. The second kappa shape index (κ2) is 22.7. The minimum Gasteiger partial charge on any atom is -0.0622 e. The fourth-order valence-corrected chi connectivity index (χ4v) is 19.0. The fourth-order valence-electron chi connectivity index (χ4n) is 19.0. The summed E-state index contributed by atoms with van der Waals surface area (Å²) in [4.78, 5) is 0. The van der Waals surface area contributed by atoms with Crippen molar-refractivity contribution in [2.75, 3.05) is 0 Å². The molecule has 8 fully saturated rings. The van der Waals surface area contributed by atoms with Crippen molar-refractivity contribution < 1.29 is 0 Å². The SMILES string of the molecule is C(=Cc1cc(C=Cc2ccccc2)cc(C23CC4CC(C2)CC(C25CC6CC(c7cc(C=Cc8ccccc8)cc(C=Cc8ccccc8)c7)(CC(c7cc(C=Cc8ccccc8)cc(C=Cc8ccccc8)c7)(C6)C2)C5)(C4)C3)c1)c1ccccc1. The van der Waals surface area contributed by atoms with Crippen molar-refractivity contribution in [3.63, 3.8) is 0 Å². The third-order valence-corrected chi connectivity index (χ3v) is 21.6. The third kappa shape index (κ3) is 10.9. The van der Waals surface area contributed by atoms with Gasteiger partial charge in [-0.3, -0.25) is 0 Å². The Morgan fingerprint density at radius 1 is 0.209 bits per heavy atom. The number of rotatable bonds is 16. The van der Waals surface area contributed by atoms with Crippen molar-refractivity contribution in [3.8, 4) is 0 Å². The molecule has 0 saturated heterocycles. The Morgan fingerprint density at radius 3 is 0.733 bits per heavy atom. The lowest BCUT2D eigenvalue weighted by atomic mass is 9.28. The first-order valence-corrected chi connectivity index (χ1v) is 32.1. The molecule has 4 atom stereocenters. The fraction of sp³-hybridized carbons (Fsp3) is 0.233. The highest BCUT2D eigenvalue weighted by molar-refractivity contribution is 5.78. The highest BCUT2D eigenvalue weighted by atomic mass is 14.8. The zero-order valence-corrected chi connectivity index (χ0v) is 49.7. The molecule has 0 spiro atoms. The number of hydrogen-bond acceptors (Lipinski definition) is 0. The van der Waals surface area contributed by atoms with E-state index in [1.54, 1.807) is 16.7 Å². The van der Waals surface area contributed by atoms with E-state index < -0.39 is 0 Å². The molecule has 4 unspecified atom stereocenters. The van der Waals surface area contributed by atoms with E-state index in [4.69, 9.17) is 0 Å². The summed E-state index contributed by atoms with van der Waals surface area (Å²) in [5, 5.41) is 0. The average Bonchev–Trinajstić information content (AvgIpc) is 0.681. The van der Waals surface area contributed by atoms with Gasteiger partial charge in [0.15, 0.2) is 0 Å². The molecule has 0 nitrogen and oxygen atoms in total. The van der Waals surface area contributed by atoms with Gasteiger partial charge < -0.3 is 0 Å². The predicted molar refractivity (Wildman–Crippen MR) is 367 cm³/mol. The second-order valence-electron chi connectivity index (χ2n) is 27.5. The first kappa shape index (κ1) is 54.1. The molecule has 0 radical (unpaired) electrons. The van der Waals surface area contributed by atoms with E-state index in [0.717, 1.165) is 11.8 Å². The van der Waals surface area contributed by atoms with Gasteiger partial charge in [0.2, 0.25) is 0 Å². The van der Waals surface area contributed by atoms with Crippen LogP contribution >= 0.6 is 0 Å². The highest BCUT2D eigenvalue weighted by Gasteiger charge is 2.73. The Hall–Kier alpha value is -8.58. The van der Waals surface area contributed by atoms with E-state index in [2.05, 4.69) is 310 Å². The normalized spacial score (nSPS) is 27.3. The monoisotopic (exact) mass is 1110 g/mol. The topological polar surface area (TPSA) is 0 Å². The molecule has 8 aliphatic rings. The third-order valence-electron chi connectivity index (χ3n) is 21.6. The van der Waals surface area contributed by atoms with Crippen molar-refractivity contribution in [1.82, 2.24) is 0 Å². The summed E-state index contributed by atoms with van der Waals surface area (Å²) in [6.07, 6.45) is 44.0. The maximum atomic E-state index is 2.65. The van der Waals surface area contributed by atoms with Crippen LogP contribution in [0.2, 0.25) is 0 Å². The Balaban J connectivity index is 0.894. The van der Waals surface area contributed by atoms with Crippen LogP contribution in [-0.4, -0.2) is 0 Å². The van der Waals surface area contributed by atoms with Gasteiger partial charge in [-0.2, -0.15) is 0 Å². The van der Waals surface area contributed by atoms with Gasteiger partial charge in [-0.1, -0.05) is 291 Å².